The Labute approximate surface area is 137 Å². The van der Waals surface area contributed by atoms with Gasteiger partial charge in [0, 0.05) is 0 Å². The van der Waals surface area contributed by atoms with Gasteiger partial charge in [-0.1, -0.05) is 17.2 Å². The lowest BCUT2D eigenvalue weighted by Gasteiger charge is -2.13. The Bertz CT molecular complexity index is 882. The van der Waals surface area contributed by atoms with Crippen LogP contribution in [0.2, 0.25) is 0 Å². The molecule has 118 valence electrons. The lowest BCUT2D eigenvalue weighted by Crippen LogP contribution is -2.32. The Hall–Kier alpha value is -3.46. The molecule has 3 rings (SSSR count). The Kier molecular flexibility index (Phi) is 3.62. The molecule has 0 spiro atoms. The van der Waals surface area contributed by atoms with Crippen LogP contribution in [0.1, 0.15) is 47.8 Å². The fourth-order valence-corrected chi connectivity index (χ4v) is 2.64. The monoisotopic (exact) mass is 320 g/mol. The van der Waals surface area contributed by atoms with Gasteiger partial charge in [-0.2, -0.15) is 5.26 Å². The first kappa shape index (κ1) is 15.4. The highest BCUT2D eigenvalue weighted by Crippen LogP contribution is 2.24. The number of nitrogens with zero attached hydrogens (tertiary/aromatic N) is 2. The Morgan fingerprint density at radius 1 is 1.04 bits per heavy atom. The predicted molar refractivity (Wildman–Crippen MR) is 83.0 cm³/mol. The number of hydrogen-bond acceptors (Lipinski definition) is 5. The third kappa shape index (κ3) is 2.32. The Balaban J connectivity index is 1.88. The van der Waals surface area contributed by atoms with Gasteiger partial charge in [0.25, 0.3) is 11.8 Å². The molecular formula is C18H12N2O4. The predicted octanol–water partition coefficient (Wildman–Crippen LogP) is 2.54. The van der Waals surface area contributed by atoms with E-state index in [9.17, 15) is 14.4 Å². The van der Waals surface area contributed by atoms with Crippen molar-refractivity contribution in [1.29, 1.82) is 5.26 Å². The number of nitriles is 1. The minimum absolute atomic E-state index is 0.167. The summed E-state index contributed by atoms with van der Waals surface area (Å²) in [6, 6.07) is 11.3. The smallest absolute Gasteiger partial charge is 0.324 e. The van der Waals surface area contributed by atoms with Gasteiger partial charge < -0.3 is 4.84 Å². The van der Waals surface area contributed by atoms with Gasteiger partial charge >= 0.3 is 5.97 Å². The number of hydrogen-bond donors (Lipinski definition) is 0. The number of aryl methyl sites for hydroxylation is 2. The van der Waals surface area contributed by atoms with E-state index in [-0.39, 0.29) is 16.7 Å². The standard InChI is InChI=1S/C18H12N2O4/c1-10-7-12(8-11(2)15(10)9-19)18(23)24-20-16(21)13-5-3-4-6-14(13)17(20)22/h3-8H,1-2H3. The van der Waals surface area contributed by atoms with E-state index >= 15 is 0 Å². The van der Waals surface area contributed by atoms with Gasteiger partial charge in [-0.05, 0) is 49.2 Å². The van der Waals surface area contributed by atoms with Gasteiger partial charge in [0.05, 0.1) is 28.3 Å². The molecule has 2 aromatic rings. The van der Waals surface area contributed by atoms with Crippen LogP contribution in [0.15, 0.2) is 36.4 Å². The number of hydroxylamine groups is 2. The van der Waals surface area contributed by atoms with E-state index in [1.165, 1.54) is 24.3 Å². The second-order valence-corrected chi connectivity index (χ2v) is 5.43. The van der Waals surface area contributed by atoms with Crippen molar-refractivity contribution < 1.29 is 19.2 Å². The molecule has 1 heterocycles. The van der Waals surface area contributed by atoms with Crippen LogP contribution in [0.5, 0.6) is 0 Å². The highest BCUT2D eigenvalue weighted by atomic mass is 16.7. The number of benzene rings is 2. The maximum atomic E-state index is 12.3. The van der Waals surface area contributed by atoms with Gasteiger partial charge in [0.15, 0.2) is 0 Å². The number of carbonyl (C=O) groups excluding carboxylic acids is 3. The molecule has 0 aromatic heterocycles. The molecule has 6 heteroatoms. The molecule has 0 saturated carbocycles. The summed E-state index contributed by atoms with van der Waals surface area (Å²) in [6.07, 6.45) is 0. The highest BCUT2D eigenvalue weighted by Gasteiger charge is 2.38. The first-order valence-electron chi connectivity index (χ1n) is 7.15. The highest BCUT2D eigenvalue weighted by molar-refractivity contribution is 6.21. The number of amides is 2. The summed E-state index contributed by atoms with van der Waals surface area (Å²) < 4.78 is 0. The molecule has 1 aliphatic heterocycles. The van der Waals surface area contributed by atoms with Crippen LogP contribution in [0.4, 0.5) is 0 Å². The van der Waals surface area contributed by atoms with Crippen molar-refractivity contribution in [2.45, 2.75) is 13.8 Å². The second kappa shape index (κ2) is 5.63. The molecule has 0 radical (unpaired) electrons. The average molecular weight is 320 g/mol. The van der Waals surface area contributed by atoms with E-state index < -0.39 is 17.8 Å². The van der Waals surface area contributed by atoms with E-state index in [0.717, 1.165) is 0 Å². The molecular weight excluding hydrogens is 308 g/mol. The molecule has 2 amide bonds. The molecule has 0 unspecified atom stereocenters. The average Bonchev–Trinajstić information content (AvgIpc) is 2.80. The topological polar surface area (TPSA) is 87.5 Å². The molecule has 1 aliphatic rings. The molecule has 6 nitrogen and oxygen atoms in total. The van der Waals surface area contributed by atoms with Crippen molar-refractivity contribution >= 4 is 17.8 Å². The summed E-state index contributed by atoms with van der Waals surface area (Å²) in [5.74, 6) is -2.18. The SMILES string of the molecule is Cc1cc(C(=O)ON2C(=O)c3ccccc3C2=O)cc(C)c1C#N. The largest absolute Gasteiger partial charge is 0.363 e. The fraction of sp³-hybridized carbons (Fsp3) is 0.111. The zero-order chi connectivity index (χ0) is 17.4. The van der Waals surface area contributed by atoms with Crippen molar-refractivity contribution in [1.82, 2.24) is 5.06 Å². The van der Waals surface area contributed by atoms with Crippen LogP contribution >= 0.6 is 0 Å². The van der Waals surface area contributed by atoms with Gasteiger partial charge in [-0.15, -0.1) is 0 Å². The van der Waals surface area contributed by atoms with E-state index in [1.807, 2.05) is 0 Å². The van der Waals surface area contributed by atoms with Crippen molar-refractivity contribution in [3.63, 3.8) is 0 Å². The third-order valence-electron chi connectivity index (χ3n) is 3.81. The first-order valence-corrected chi connectivity index (χ1v) is 7.15. The summed E-state index contributed by atoms with van der Waals surface area (Å²) in [5, 5.41) is 9.53. The van der Waals surface area contributed by atoms with E-state index in [1.54, 1.807) is 26.0 Å². The van der Waals surface area contributed by atoms with Gasteiger partial charge in [-0.25, -0.2) is 4.79 Å². The van der Waals surface area contributed by atoms with Crippen molar-refractivity contribution in [3.05, 3.63) is 69.8 Å². The number of fused-ring (bicyclic) bond motifs is 1. The second-order valence-electron chi connectivity index (χ2n) is 5.43. The summed E-state index contributed by atoms with van der Waals surface area (Å²) in [6.45, 7) is 3.40. The minimum atomic E-state index is -0.833. The number of imide groups is 1. The van der Waals surface area contributed by atoms with E-state index in [2.05, 4.69) is 6.07 Å². The third-order valence-corrected chi connectivity index (χ3v) is 3.81. The maximum absolute atomic E-state index is 12.3. The van der Waals surface area contributed by atoms with Crippen LogP contribution in [0.3, 0.4) is 0 Å². The molecule has 0 N–H and O–H groups in total. The van der Waals surface area contributed by atoms with Crippen molar-refractivity contribution in [3.8, 4) is 6.07 Å². The summed E-state index contributed by atoms with van der Waals surface area (Å²) in [5.41, 5.74) is 2.27. The lowest BCUT2D eigenvalue weighted by atomic mass is 10.0. The summed E-state index contributed by atoms with van der Waals surface area (Å²) in [4.78, 5) is 41.7. The Morgan fingerprint density at radius 3 is 2.00 bits per heavy atom. The zero-order valence-electron chi connectivity index (χ0n) is 13.0. The summed E-state index contributed by atoms with van der Waals surface area (Å²) >= 11 is 0. The van der Waals surface area contributed by atoms with Crippen molar-refractivity contribution in [2.24, 2.45) is 0 Å². The molecule has 0 aliphatic carbocycles. The normalized spacial score (nSPS) is 12.8. The van der Waals surface area contributed by atoms with Gasteiger partial charge in [-0.3, -0.25) is 9.59 Å². The van der Waals surface area contributed by atoms with E-state index in [0.29, 0.717) is 21.8 Å². The first-order chi connectivity index (χ1) is 11.4. The lowest BCUT2D eigenvalue weighted by molar-refractivity contribution is -0.0584. The maximum Gasteiger partial charge on any atom is 0.363 e. The molecule has 24 heavy (non-hydrogen) atoms. The molecule has 0 atom stereocenters. The van der Waals surface area contributed by atoms with Crippen LogP contribution < -0.4 is 0 Å². The van der Waals surface area contributed by atoms with Crippen LogP contribution in [-0.4, -0.2) is 22.8 Å². The fourth-order valence-electron chi connectivity index (χ4n) is 2.64. The molecule has 0 fully saturated rings. The van der Waals surface area contributed by atoms with Gasteiger partial charge in [0.2, 0.25) is 0 Å². The minimum Gasteiger partial charge on any atom is -0.324 e. The quantitative estimate of drug-likeness (QED) is 0.794. The zero-order valence-corrected chi connectivity index (χ0v) is 13.0. The van der Waals surface area contributed by atoms with Crippen LogP contribution in [-0.2, 0) is 4.84 Å². The van der Waals surface area contributed by atoms with Gasteiger partial charge in [0.1, 0.15) is 0 Å². The van der Waals surface area contributed by atoms with E-state index in [4.69, 9.17) is 10.1 Å². The molecule has 0 saturated heterocycles. The summed E-state index contributed by atoms with van der Waals surface area (Å²) in [7, 11) is 0. The molecule has 2 aromatic carbocycles. The number of rotatable bonds is 2. The van der Waals surface area contributed by atoms with Crippen LogP contribution in [0, 0.1) is 25.2 Å². The Morgan fingerprint density at radius 2 is 1.54 bits per heavy atom. The van der Waals surface area contributed by atoms with Crippen molar-refractivity contribution in [2.75, 3.05) is 0 Å². The number of carbonyl (C=O) groups is 3. The van der Waals surface area contributed by atoms with Crippen LogP contribution in [0.25, 0.3) is 0 Å². The molecule has 0 bridgehead atoms.